The van der Waals surface area contributed by atoms with E-state index in [1.807, 2.05) is 18.2 Å². The Kier molecular flexibility index (Phi) is 25.5. The number of H-pyrrole nitrogens is 1. The second kappa shape index (κ2) is 31.6. The number of nitrogens with zero attached hydrogens (tertiary/aromatic N) is 2. The molecule has 2 aromatic heterocycles. The highest BCUT2D eigenvalue weighted by Crippen LogP contribution is 2.32. The lowest BCUT2D eigenvalue weighted by Crippen LogP contribution is -2.58. The highest BCUT2D eigenvalue weighted by molar-refractivity contribution is 9.10. The third-order valence-corrected chi connectivity index (χ3v) is 13.9. The SMILES string of the molecule is N=C(N)NCCCC(NC(=O)[C@@H](CCCNC(=N)N)NC(=O)C(CCCNC(=N)N)NC(=O)[C@@H](CCCNC(=N)N)NC(=O)CCCCCNC(=O)[C@H]1C[C@H](O)CN1Cc1nc2c(sc3ccc(Br)cc32)c(=O)[nH]1)C(N)=O. The Morgan fingerprint density at radius 2 is 1.17 bits per heavy atom. The number of likely N-dealkylation sites (tertiary alicyclic amines) is 1. The number of halogens is 1. The Morgan fingerprint density at radius 1 is 0.688 bits per heavy atom. The van der Waals surface area contributed by atoms with E-state index in [0.29, 0.717) is 41.7 Å². The van der Waals surface area contributed by atoms with Crippen molar-refractivity contribution in [2.45, 2.75) is 126 Å². The monoisotopic (exact) mass is 1160 g/mol. The van der Waals surface area contributed by atoms with Crippen LogP contribution in [0.4, 0.5) is 0 Å². The number of fused-ring (bicyclic) bond motifs is 3. The van der Waals surface area contributed by atoms with Crippen molar-refractivity contribution in [1.82, 2.24) is 62.7 Å². The average Bonchev–Trinajstić information content (AvgIpc) is 3.92. The van der Waals surface area contributed by atoms with Crippen molar-refractivity contribution in [3.8, 4) is 0 Å². The molecule has 29 nitrogen and oxygen atoms in total. The van der Waals surface area contributed by atoms with Crippen molar-refractivity contribution < 1.29 is 33.9 Å². The molecule has 1 saturated heterocycles. The Balaban J connectivity index is 1.36. The molecule has 0 saturated carbocycles. The first kappa shape index (κ1) is 62.2. The number of carbonyl (C=O) groups excluding carboxylic acids is 6. The van der Waals surface area contributed by atoms with Crippen molar-refractivity contribution >= 4 is 107 Å². The number of benzene rings is 1. The van der Waals surface area contributed by atoms with Crippen LogP contribution >= 0.6 is 27.3 Å². The summed E-state index contributed by atoms with van der Waals surface area (Å²) in [6, 6.07) is 0.137. The molecule has 4 rings (SSSR count). The number of hydrogen-bond acceptors (Lipinski definition) is 15. The van der Waals surface area contributed by atoms with E-state index >= 15 is 0 Å². The number of unbranched alkanes of at least 4 members (excludes halogenated alkanes) is 2. The first-order valence-electron chi connectivity index (χ1n) is 25.2. The minimum absolute atomic E-state index is 0.00732. The molecule has 3 heterocycles. The van der Waals surface area contributed by atoms with E-state index in [0.717, 1.165) is 14.6 Å². The fraction of sp³-hybridized carbons (Fsp3) is 0.565. The van der Waals surface area contributed by atoms with Gasteiger partial charge in [-0.15, -0.1) is 11.3 Å². The summed E-state index contributed by atoms with van der Waals surface area (Å²) < 4.78 is 2.25. The molecule has 6 amide bonds. The zero-order chi connectivity index (χ0) is 56.6. The highest BCUT2D eigenvalue weighted by Gasteiger charge is 2.36. The van der Waals surface area contributed by atoms with E-state index in [4.69, 9.17) is 55.3 Å². The molecule has 2 unspecified atom stereocenters. The summed E-state index contributed by atoms with van der Waals surface area (Å²) in [5.74, 6) is -4.76. The Bertz CT molecular complexity index is 2640. The first-order chi connectivity index (χ1) is 36.6. The van der Waals surface area contributed by atoms with Crippen LogP contribution in [0, 0.1) is 21.6 Å². The molecule has 1 aromatic carbocycles. The average molecular weight is 1160 g/mol. The number of aromatic nitrogens is 2. The number of thiophene rings is 1. The summed E-state index contributed by atoms with van der Waals surface area (Å²) in [5.41, 5.74) is 27.5. The van der Waals surface area contributed by atoms with Crippen LogP contribution in [0.2, 0.25) is 0 Å². The second-order valence-electron chi connectivity index (χ2n) is 18.5. The summed E-state index contributed by atoms with van der Waals surface area (Å²) in [6.07, 6.45) is 1.94. The van der Waals surface area contributed by atoms with Crippen LogP contribution in [-0.2, 0) is 35.3 Å². The van der Waals surface area contributed by atoms with Crippen LogP contribution < -0.4 is 82.1 Å². The van der Waals surface area contributed by atoms with Gasteiger partial charge in [-0.3, -0.25) is 60.1 Å². The summed E-state index contributed by atoms with van der Waals surface area (Å²) in [5, 5.41) is 65.3. The van der Waals surface area contributed by atoms with Crippen LogP contribution in [0.25, 0.3) is 20.3 Å². The maximum absolute atomic E-state index is 14.1. The van der Waals surface area contributed by atoms with Gasteiger partial charge in [0.15, 0.2) is 23.8 Å². The van der Waals surface area contributed by atoms with Crippen molar-refractivity contribution in [1.29, 1.82) is 21.6 Å². The lowest BCUT2D eigenvalue weighted by molar-refractivity contribution is -0.134. The number of aromatic amines is 1. The summed E-state index contributed by atoms with van der Waals surface area (Å²) in [4.78, 5) is 103. The molecule has 0 radical (unpaired) electrons. The quantitative estimate of drug-likeness (QED) is 0.0164. The number of carbonyl (C=O) groups is 6. The maximum Gasteiger partial charge on any atom is 0.268 e. The predicted octanol–water partition coefficient (Wildman–Crippen LogP) is -3.01. The molecule has 1 fully saturated rings. The summed E-state index contributed by atoms with van der Waals surface area (Å²) >= 11 is 4.83. The molecule has 0 spiro atoms. The molecule has 0 bridgehead atoms. The Labute approximate surface area is 456 Å². The number of guanidine groups is 4. The van der Waals surface area contributed by atoms with Crippen molar-refractivity contribution in [2.75, 3.05) is 39.3 Å². The first-order valence-corrected chi connectivity index (χ1v) is 26.8. The van der Waals surface area contributed by atoms with Crippen LogP contribution in [0.5, 0.6) is 0 Å². The largest absolute Gasteiger partial charge is 0.392 e. The van der Waals surface area contributed by atoms with E-state index in [9.17, 15) is 38.7 Å². The van der Waals surface area contributed by atoms with Gasteiger partial charge in [0.05, 0.1) is 24.2 Å². The number of nitrogens with two attached hydrogens (primary N) is 5. The standard InChI is InChI=1S/C46H74BrN21O8S/c47-24-13-14-32-26(20-24)35-36(77-32)42(76)67-33(66-35)23-68-22-25(69)21-31(68)41(75)57-15-3-1-2-12-34(70)62-28(9-5-17-59-44(51)52)38(72)64-30(11-7-19-61-46(55)56)40(74)65-29(10-6-18-60-45(53)54)39(73)63-27(37(48)71)8-4-16-58-43(49)50/h13-14,20,25,27-31,69H,1-12,15-19,21-23H2,(H2,48,71)(H,57,75)(H,62,70)(H,63,73)(H,64,72)(H,65,74)(H4,49,50,58)(H4,51,52,59)(H4,53,54,60)(H4,55,56,61)(H,66,67,76)/t25-,27?,28+,29+,30?,31+/m0/s1. The van der Waals surface area contributed by atoms with Gasteiger partial charge in [0, 0.05) is 60.2 Å². The molecule has 77 heavy (non-hydrogen) atoms. The maximum atomic E-state index is 14.1. The molecule has 6 atom stereocenters. The van der Waals surface area contributed by atoms with Crippen LogP contribution in [0.3, 0.4) is 0 Å². The molecule has 25 N–H and O–H groups in total. The van der Waals surface area contributed by atoms with Crippen LogP contribution in [0.1, 0.15) is 89.3 Å². The molecule has 0 aliphatic carbocycles. The van der Waals surface area contributed by atoms with E-state index < -0.39 is 65.8 Å². The van der Waals surface area contributed by atoms with Gasteiger partial charge in [0.1, 0.15) is 34.7 Å². The number of hydrogen-bond donors (Lipinski definition) is 20. The van der Waals surface area contributed by atoms with Crippen LogP contribution in [0.15, 0.2) is 27.5 Å². The van der Waals surface area contributed by atoms with Gasteiger partial charge in [-0.2, -0.15) is 0 Å². The molecule has 424 valence electrons. The van der Waals surface area contributed by atoms with Gasteiger partial charge in [0.25, 0.3) is 5.56 Å². The number of aliphatic hydroxyl groups is 1. The number of β-amino-alcohol motifs (C(OH)–C–C–N with tert-alkyl or cyclic N) is 1. The second-order valence-corrected chi connectivity index (χ2v) is 20.5. The molecule has 3 aromatic rings. The van der Waals surface area contributed by atoms with Gasteiger partial charge in [-0.25, -0.2) is 4.98 Å². The van der Waals surface area contributed by atoms with Crippen molar-refractivity contribution in [3.63, 3.8) is 0 Å². The molecule has 1 aliphatic heterocycles. The fourth-order valence-corrected chi connectivity index (χ4v) is 9.85. The number of rotatable bonds is 33. The van der Waals surface area contributed by atoms with Gasteiger partial charge in [-0.1, -0.05) is 22.4 Å². The number of aliphatic hydroxyl groups excluding tert-OH is 1. The Hall–Kier alpha value is -7.38. The zero-order valence-electron chi connectivity index (χ0n) is 42.7. The third-order valence-electron chi connectivity index (χ3n) is 12.3. The van der Waals surface area contributed by atoms with Gasteiger partial charge < -0.3 is 86.6 Å². The van der Waals surface area contributed by atoms with Crippen LogP contribution in [-0.4, -0.2) is 155 Å². The van der Waals surface area contributed by atoms with E-state index in [2.05, 4.69) is 68.8 Å². The minimum atomic E-state index is -1.30. The van der Waals surface area contributed by atoms with Gasteiger partial charge in [-0.05, 0) is 88.8 Å². The normalized spacial score (nSPS) is 15.8. The van der Waals surface area contributed by atoms with E-state index in [1.165, 1.54) is 11.3 Å². The third kappa shape index (κ3) is 21.6. The summed E-state index contributed by atoms with van der Waals surface area (Å²) in [7, 11) is 0. The highest BCUT2D eigenvalue weighted by atomic mass is 79.9. The molecular formula is C46H74BrN21O8S. The zero-order valence-corrected chi connectivity index (χ0v) is 45.1. The van der Waals surface area contributed by atoms with E-state index in [-0.39, 0.29) is 139 Å². The smallest absolute Gasteiger partial charge is 0.268 e. The van der Waals surface area contributed by atoms with Gasteiger partial charge >= 0.3 is 0 Å². The molecule has 31 heteroatoms. The number of nitrogens with one attached hydrogen (secondary N) is 14. The fourth-order valence-electron chi connectivity index (χ4n) is 8.48. The van der Waals surface area contributed by atoms with Crippen molar-refractivity contribution in [2.24, 2.45) is 28.7 Å². The lowest BCUT2D eigenvalue weighted by Gasteiger charge is -2.26. The summed E-state index contributed by atoms with van der Waals surface area (Å²) in [6.45, 7) is 1.31. The predicted molar refractivity (Wildman–Crippen MR) is 295 cm³/mol. The number of primary amides is 1. The Morgan fingerprint density at radius 3 is 1.68 bits per heavy atom. The molecule has 1 aliphatic rings. The minimum Gasteiger partial charge on any atom is -0.392 e. The van der Waals surface area contributed by atoms with E-state index in [1.54, 1.807) is 4.90 Å². The molecular weight excluding hydrogens is 1090 g/mol. The van der Waals surface area contributed by atoms with Gasteiger partial charge in [0.2, 0.25) is 35.4 Å². The lowest BCUT2D eigenvalue weighted by atomic mass is 10.0. The number of amides is 6. The van der Waals surface area contributed by atoms with Crippen molar-refractivity contribution in [3.05, 3.63) is 38.9 Å². The topological polar surface area (TPSA) is 505 Å².